The summed E-state index contributed by atoms with van der Waals surface area (Å²) < 4.78 is 7.85. The van der Waals surface area contributed by atoms with Crippen LogP contribution in [0.25, 0.3) is 20.8 Å². The number of anilines is 1. The molecule has 2 aromatic carbocycles. The topological polar surface area (TPSA) is 73.2 Å². The van der Waals surface area contributed by atoms with Crippen LogP contribution in [0.2, 0.25) is 0 Å². The molecule has 0 aliphatic heterocycles. The smallest absolute Gasteiger partial charge is 0.355 e. The highest BCUT2D eigenvalue weighted by Crippen LogP contribution is 2.31. The Morgan fingerprint density at radius 1 is 1.14 bits per heavy atom. The number of nitrogens with zero attached hydrogens (tertiary/aromatic N) is 2. The quantitative estimate of drug-likeness (QED) is 0.499. The number of hydrogen-bond acceptors (Lipinski definition) is 5. The first-order valence-corrected chi connectivity index (χ1v) is 9.87. The Kier molecular flexibility index (Phi) is 5.14. The molecule has 4 rings (SSSR count). The number of ether oxygens (including phenoxy) is 1. The van der Waals surface area contributed by atoms with E-state index in [-0.39, 0.29) is 6.61 Å². The van der Waals surface area contributed by atoms with E-state index in [1.165, 1.54) is 5.56 Å². The van der Waals surface area contributed by atoms with Crippen LogP contribution in [0.5, 0.6) is 0 Å². The number of esters is 1. The number of fused-ring (bicyclic) bond motifs is 1. The van der Waals surface area contributed by atoms with Gasteiger partial charge in [-0.25, -0.2) is 9.78 Å². The maximum atomic E-state index is 12.1. The average Bonchev–Trinajstić information content (AvgIpc) is 3.32. The normalized spacial score (nSPS) is 10.8. The van der Waals surface area contributed by atoms with Gasteiger partial charge in [-0.1, -0.05) is 6.07 Å². The van der Waals surface area contributed by atoms with Crippen molar-refractivity contribution < 1.29 is 14.3 Å². The lowest BCUT2D eigenvalue weighted by molar-refractivity contribution is -0.119. The molecule has 7 heteroatoms. The predicted molar refractivity (Wildman–Crippen MR) is 114 cm³/mol. The van der Waals surface area contributed by atoms with Gasteiger partial charge in [0, 0.05) is 24.5 Å². The number of aryl methyl sites for hydroxylation is 2. The first-order chi connectivity index (χ1) is 14.0. The first kappa shape index (κ1) is 18.9. The molecule has 0 bridgehead atoms. The van der Waals surface area contributed by atoms with E-state index in [4.69, 9.17) is 4.74 Å². The SMILES string of the molecule is Cc1ccc2nc(-c3ccc(NC(=O)COC(=O)c4cccn4C)cc3)sc2c1. The second kappa shape index (κ2) is 7.89. The van der Waals surface area contributed by atoms with Gasteiger partial charge in [0.2, 0.25) is 0 Å². The summed E-state index contributed by atoms with van der Waals surface area (Å²) in [6, 6.07) is 17.0. The van der Waals surface area contributed by atoms with Crippen LogP contribution < -0.4 is 5.32 Å². The van der Waals surface area contributed by atoms with E-state index in [0.717, 1.165) is 20.8 Å². The number of benzene rings is 2. The van der Waals surface area contributed by atoms with Gasteiger partial charge in [-0.15, -0.1) is 11.3 Å². The number of thiazole rings is 1. The fourth-order valence-electron chi connectivity index (χ4n) is 2.93. The zero-order chi connectivity index (χ0) is 20.4. The summed E-state index contributed by atoms with van der Waals surface area (Å²) in [6.07, 6.45) is 1.74. The summed E-state index contributed by atoms with van der Waals surface area (Å²) in [4.78, 5) is 28.7. The van der Waals surface area contributed by atoms with E-state index >= 15 is 0 Å². The molecule has 0 radical (unpaired) electrons. The first-order valence-electron chi connectivity index (χ1n) is 9.05. The van der Waals surface area contributed by atoms with Gasteiger partial charge >= 0.3 is 5.97 Å². The van der Waals surface area contributed by atoms with Crippen molar-refractivity contribution in [3.05, 3.63) is 72.1 Å². The van der Waals surface area contributed by atoms with Crippen molar-refractivity contribution in [1.82, 2.24) is 9.55 Å². The molecule has 4 aromatic rings. The Labute approximate surface area is 171 Å². The molecular weight excluding hydrogens is 386 g/mol. The number of amides is 1. The third-order valence-corrected chi connectivity index (χ3v) is 5.51. The number of aromatic nitrogens is 2. The van der Waals surface area contributed by atoms with E-state index in [0.29, 0.717) is 11.4 Å². The Hall–Kier alpha value is -3.45. The lowest BCUT2D eigenvalue weighted by atomic mass is 10.2. The maximum Gasteiger partial charge on any atom is 0.355 e. The van der Waals surface area contributed by atoms with Crippen LogP contribution in [0.15, 0.2) is 60.8 Å². The van der Waals surface area contributed by atoms with Crippen molar-refractivity contribution in [2.24, 2.45) is 7.05 Å². The Morgan fingerprint density at radius 3 is 2.66 bits per heavy atom. The van der Waals surface area contributed by atoms with Gasteiger partial charge in [0.1, 0.15) is 10.7 Å². The van der Waals surface area contributed by atoms with Crippen LogP contribution in [-0.4, -0.2) is 28.0 Å². The van der Waals surface area contributed by atoms with E-state index in [9.17, 15) is 9.59 Å². The monoisotopic (exact) mass is 405 g/mol. The summed E-state index contributed by atoms with van der Waals surface area (Å²) in [5.41, 5.74) is 4.20. The highest BCUT2D eigenvalue weighted by Gasteiger charge is 2.13. The molecule has 0 unspecified atom stereocenters. The number of nitrogens with one attached hydrogen (secondary N) is 1. The third-order valence-electron chi connectivity index (χ3n) is 4.45. The molecule has 2 aromatic heterocycles. The zero-order valence-electron chi connectivity index (χ0n) is 16.0. The molecule has 1 amide bonds. The third kappa shape index (κ3) is 4.20. The lowest BCUT2D eigenvalue weighted by Crippen LogP contribution is -2.21. The van der Waals surface area contributed by atoms with E-state index < -0.39 is 11.9 Å². The van der Waals surface area contributed by atoms with Crippen LogP contribution in [0.3, 0.4) is 0 Å². The highest BCUT2D eigenvalue weighted by molar-refractivity contribution is 7.21. The van der Waals surface area contributed by atoms with Crippen molar-refractivity contribution in [1.29, 1.82) is 0 Å². The van der Waals surface area contributed by atoms with Gasteiger partial charge in [0.05, 0.1) is 10.2 Å². The van der Waals surface area contributed by atoms with Crippen LogP contribution in [0.1, 0.15) is 16.1 Å². The molecule has 2 heterocycles. The predicted octanol–water partition coefficient (Wildman–Crippen LogP) is 4.41. The second-order valence-corrected chi connectivity index (χ2v) is 7.73. The largest absolute Gasteiger partial charge is 0.451 e. The van der Waals surface area contributed by atoms with Gasteiger partial charge in [-0.3, -0.25) is 4.79 Å². The van der Waals surface area contributed by atoms with Crippen molar-refractivity contribution in [2.45, 2.75) is 6.92 Å². The van der Waals surface area contributed by atoms with Crippen LogP contribution in [0, 0.1) is 6.92 Å². The summed E-state index contributed by atoms with van der Waals surface area (Å²) in [6.45, 7) is 1.72. The molecule has 0 aliphatic rings. The van der Waals surface area contributed by atoms with Crippen LogP contribution in [0.4, 0.5) is 5.69 Å². The minimum Gasteiger partial charge on any atom is -0.451 e. The molecule has 0 aliphatic carbocycles. The molecule has 0 saturated heterocycles. The lowest BCUT2D eigenvalue weighted by Gasteiger charge is -2.07. The summed E-state index contributed by atoms with van der Waals surface area (Å²) in [5, 5.41) is 3.66. The average molecular weight is 405 g/mol. The van der Waals surface area contributed by atoms with Gasteiger partial charge in [-0.05, 0) is 61.0 Å². The molecule has 1 N–H and O–H groups in total. The van der Waals surface area contributed by atoms with E-state index in [1.54, 1.807) is 41.3 Å². The van der Waals surface area contributed by atoms with Gasteiger partial charge < -0.3 is 14.6 Å². The molecular formula is C22H19N3O3S. The summed E-state index contributed by atoms with van der Waals surface area (Å²) in [7, 11) is 1.74. The van der Waals surface area contributed by atoms with Crippen LogP contribution >= 0.6 is 11.3 Å². The van der Waals surface area contributed by atoms with Gasteiger partial charge in [-0.2, -0.15) is 0 Å². The molecule has 0 atom stereocenters. The zero-order valence-corrected chi connectivity index (χ0v) is 16.8. The Balaban J connectivity index is 1.38. The maximum absolute atomic E-state index is 12.1. The fraction of sp³-hybridized carbons (Fsp3) is 0.136. The van der Waals surface area contributed by atoms with Crippen LogP contribution in [-0.2, 0) is 16.6 Å². The summed E-state index contributed by atoms with van der Waals surface area (Å²) >= 11 is 1.64. The molecule has 0 fully saturated rings. The number of carbonyl (C=O) groups excluding carboxylic acids is 2. The highest BCUT2D eigenvalue weighted by atomic mass is 32.1. The molecule has 146 valence electrons. The van der Waals surface area contributed by atoms with Gasteiger partial charge in [0.15, 0.2) is 6.61 Å². The standard InChI is InChI=1S/C22H19N3O3S/c1-14-5-10-17-19(12-14)29-21(24-17)15-6-8-16(9-7-15)23-20(26)13-28-22(27)18-4-3-11-25(18)2/h3-12H,13H2,1-2H3,(H,23,26). The fourth-order valence-corrected chi connectivity index (χ4v) is 4.00. The Morgan fingerprint density at radius 2 is 1.93 bits per heavy atom. The van der Waals surface area contributed by atoms with Gasteiger partial charge in [0.25, 0.3) is 5.91 Å². The minimum absolute atomic E-state index is 0.344. The minimum atomic E-state index is -0.533. The van der Waals surface area contributed by atoms with Crippen molar-refractivity contribution in [3.63, 3.8) is 0 Å². The van der Waals surface area contributed by atoms with Crippen molar-refractivity contribution in [3.8, 4) is 10.6 Å². The molecule has 6 nitrogen and oxygen atoms in total. The molecule has 0 saturated carbocycles. The molecule has 0 spiro atoms. The van der Waals surface area contributed by atoms with Crippen molar-refractivity contribution >= 4 is 39.1 Å². The van der Waals surface area contributed by atoms with E-state index in [1.807, 2.05) is 30.3 Å². The number of hydrogen-bond donors (Lipinski definition) is 1. The Bertz CT molecular complexity index is 1190. The van der Waals surface area contributed by atoms with E-state index in [2.05, 4.69) is 29.4 Å². The molecule has 29 heavy (non-hydrogen) atoms. The second-order valence-electron chi connectivity index (χ2n) is 6.70. The van der Waals surface area contributed by atoms with Crippen molar-refractivity contribution in [2.75, 3.05) is 11.9 Å². The number of carbonyl (C=O) groups is 2. The summed E-state index contributed by atoms with van der Waals surface area (Å²) in [5.74, 6) is -0.926. The number of rotatable bonds is 5.